The number of carbonyl (C=O) groups excluding carboxylic acids is 1. The van der Waals surface area contributed by atoms with Gasteiger partial charge in [0.1, 0.15) is 10.6 Å². The summed E-state index contributed by atoms with van der Waals surface area (Å²) in [6.45, 7) is 1.74. The number of likely N-dealkylation sites (tertiary alicyclic amines) is 1. The molecular weight excluding hydrogens is 390 g/mol. The van der Waals surface area contributed by atoms with E-state index < -0.39 is 10.0 Å². The van der Waals surface area contributed by atoms with Crippen LogP contribution in [-0.4, -0.2) is 59.7 Å². The maximum absolute atomic E-state index is 13.0. The lowest BCUT2D eigenvalue weighted by molar-refractivity contribution is 0.0732. The Morgan fingerprint density at radius 2 is 2.04 bits per heavy atom. The van der Waals surface area contributed by atoms with Gasteiger partial charge in [0.2, 0.25) is 10.0 Å². The number of nitrogens with one attached hydrogen (secondary N) is 1. The van der Waals surface area contributed by atoms with E-state index in [9.17, 15) is 13.2 Å². The van der Waals surface area contributed by atoms with E-state index in [2.05, 4.69) is 11.1 Å². The number of nitrogens with zero attached hydrogens (tertiary/aromatic N) is 2. The van der Waals surface area contributed by atoms with Crippen molar-refractivity contribution < 1.29 is 13.2 Å². The maximum Gasteiger partial charge on any atom is 0.270 e. The molecule has 2 aromatic rings. The topological polar surface area (TPSA) is 73.5 Å². The van der Waals surface area contributed by atoms with E-state index >= 15 is 0 Å². The van der Waals surface area contributed by atoms with Crippen molar-refractivity contribution in [3.63, 3.8) is 0 Å². The minimum absolute atomic E-state index is 0.0879. The highest BCUT2D eigenvalue weighted by Gasteiger charge is 2.33. The molecule has 2 fully saturated rings. The van der Waals surface area contributed by atoms with Gasteiger partial charge in [-0.15, -0.1) is 11.3 Å². The Hall–Kier alpha value is -1.29. The van der Waals surface area contributed by atoms with E-state index in [0.29, 0.717) is 25.3 Å². The highest BCUT2D eigenvalue weighted by molar-refractivity contribution is 7.99. The molecule has 2 aliphatic rings. The number of rotatable bonds is 4. The van der Waals surface area contributed by atoms with Gasteiger partial charge >= 0.3 is 0 Å². The highest BCUT2D eigenvalue weighted by Crippen LogP contribution is 2.35. The third-order valence-electron chi connectivity index (χ3n) is 4.88. The Morgan fingerprint density at radius 1 is 1.23 bits per heavy atom. The Morgan fingerprint density at radius 3 is 2.77 bits per heavy atom. The van der Waals surface area contributed by atoms with Crippen LogP contribution in [0.25, 0.3) is 0 Å². The summed E-state index contributed by atoms with van der Waals surface area (Å²) in [4.78, 5) is 19.1. The predicted molar refractivity (Wildman–Crippen MR) is 104 cm³/mol. The van der Waals surface area contributed by atoms with Crippen LogP contribution in [0.1, 0.15) is 34.2 Å². The summed E-state index contributed by atoms with van der Waals surface area (Å²) in [6, 6.07) is 5.63. The van der Waals surface area contributed by atoms with Gasteiger partial charge in [0.25, 0.3) is 5.91 Å². The molecule has 1 unspecified atom stereocenters. The van der Waals surface area contributed by atoms with E-state index in [1.54, 1.807) is 23.1 Å². The monoisotopic (exact) mass is 411 g/mol. The largest absolute Gasteiger partial charge is 0.356 e. The maximum atomic E-state index is 13.0. The van der Waals surface area contributed by atoms with Crippen LogP contribution in [0.3, 0.4) is 0 Å². The van der Waals surface area contributed by atoms with Gasteiger partial charge in [-0.05, 0) is 30.4 Å². The Balaban J connectivity index is 1.55. The second kappa shape index (κ2) is 7.38. The summed E-state index contributed by atoms with van der Waals surface area (Å²) in [7, 11) is -3.53. The molecule has 0 aliphatic carbocycles. The van der Waals surface area contributed by atoms with Crippen LogP contribution in [0.2, 0.25) is 0 Å². The molecule has 6 nitrogen and oxygen atoms in total. The molecule has 1 amide bonds. The number of hydrogen-bond acceptors (Lipinski definition) is 5. The Bertz CT molecular complexity index is 870. The Labute approximate surface area is 161 Å². The van der Waals surface area contributed by atoms with Crippen LogP contribution in [0.15, 0.2) is 34.7 Å². The summed E-state index contributed by atoms with van der Waals surface area (Å²) in [5.41, 5.74) is 0.346. The van der Waals surface area contributed by atoms with Gasteiger partial charge in [-0.3, -0.25) is 4.79 Å². The average molecular weight is 412 g/mol. The molecule has 1 atom stereocenters. The molecule has 1 N–H and O–H groups in total. The molecule has 0 spiro atoms. The SMILES string of the molecule is O=C(c1cc(S(=O)(=O)N2CCSCC2)c[nH]1)N1CCCC1c1cccs1. The summed E-state index contributed by atoms with van der Waals surface area (Å²) in [6.07, 6.45) is 3.36. The van der Waals surface area contributed by atoms with Gasteiger partial charge in [0.15, 0.2) is 0 Å². The van der Waals surface area contributed by atoms with Crippen LogP contribution >= 0.6 is 23.1 Å². The van der Waals surface area contributed by atoms with Gasteiger partial charge in [-0.25, -0.2) is 8.42 Å². The minimum Gasteiger partial charge on any atom is -0.356 e. The molecule has 9 heteroatoms. The van der Waals surface area contributed by atoms with E-state index in [-0.39, 0.29) is 16.8 Å². The molecule has 0 radical (unpaired) electrons. The fraction of sp³-hybridized carbons (Fsp3) is 0.471. The fourth-order valence-electron chi connectivity index (χ4n) is 3.52. The normalized spacial score (nSPS) is 22.0. The zero-order chi connectivity index (χ0) is 18.1. The second-order valence-corrected chi connectivity index (χ2v) is 10.6. The molecule has 0 bridgehead atoms. The third-order valence-corrected chi connectivity index (χ3v) is 8.67. The zero-order valence-electron chi connectivity index (χ0n) is 14.3. The van der Waals surface area contributed by atoms with Crippen LogP contribution < -0.4 is 0 Å². The summed E-state index contributed by atoms with van der Waals surface area (Å²) >= 11 is 3.42. The number of thiophene rings is 1. The average Bonchev–Trinajstić information content (AvgIpc) is 3.42. The van der Waals surface area contributed by atoms with E-state index in [1.807, 2.05) is 16.3 Å². The van der Waals surface area contributed by atoms with E-state index in [4.69, 9.17) is 0 Å². The lowest BCUT2D eigenvalue weighted by Crippen LogP contribution is -2.37. The van der Waals surface area contributed by atoms with Gasteiger partial charge in [0, 0.05) is 42.2 Å². The molecule has 2 aliphatic heterocycles. The van der Waals surface area contributed by atoms with Crippen molar-refractivity contribution in [1.82, 2.24) is 14.2 Å². The van der Waals surface area contributed by atoms with Crippen molar-refractivity contribution in [2.24, 2.45) is 0 Å². The van der Waals surface area contributed by atoms with Crippen molar-refractivity contribution >= 4 is 39.0 Å². The highest BCUT2D eigenvalue weighted by atomic mass is 32.2. The minimum atomic E-state index is -3.53. The number of aromatic nitrogens is 1. The van der Waals surface area contributed by atoms with Gasteiger partial charge in [-0.2, -0.15) is 16.1 Å². The number of aromatic amines is 1. The number of carbonyl (C=O) groups is 1. The standard InChI is InChI=1S/C17H21N3O3S3/c21-17(20-5-1-3-15(20)16-4-2-8-25-16)14-11-13(12-18-14)26(22,23)19-6-9-24-10-7-19/h2,4,8,11-12,15,18H,1,3,5-7,9-10H2. The van der Waals surface area contributed by atoms with Crippen LogP contribution in [0.5, 0.6) is 0 Å². The summed E-state index contributed by atoms with van der Waals surface area (Å²) < 4.78 is 27.0. The quantitative estimate of drug-likeness (QED) is 0.840. The zero-order valence-corrected chi connectivity index (χ0v) is 16.7. The summed E-state index contributed by atoms with van der Waals surface area (Å²) in [5.74, 6) is 1.49. The van der Waals surface area contributed by atoms with Gasteiger partial charge < -0.3 is 9.88 Å². The predicted octanol–water partition coefficient (Wildman–Crippen LogP) is 2.79. The van der Waals surface area contributed by atoms with E-state index in [0.717, 1.165) is 24.3 Å². The molecule has 4 rings (SSSR count). The number of H-pyrrole nitrogens is 1. The van der Waals surface area contributed by atoms with Crippen molar-refractivity contribution in [3.8, 4) is 0 Å². The van der Waals surface area contributed by atoms with E-state index in [1.165, 1.54) is 21.4 Å². The van der Waals surface area contributed by atoms with Crippen molar-refractivity contribution in [3.05, 3.63) is 40.3 Å². The molecule has 4 heterocycles. The summed E-state index contributed by atoms with van der Waals surface area (Å²) in [5, 5.41) is 2.02. The first kappa shape index (κ1) is 18.1. The van der Waals surface area contributed by atoms with Crippen LogP contribution in [-0.2, 0) is 10.0 Å². The molecule has 0 aromatic carbocycles. The van der Waals surface area contributed by atoms with Crippen LogP contribution in [0, 0.1) is 0 Å². The molecule has 2 saturated heterocycles. The number of amides is 1. The molecule has 0 saturated carbocycles. The van der Waals surface area contributed by atoms with Gasteiger partial charge in [-0.1, -0.05) is 6.07 Å². The number of hydrogen-bond donors (Lipinski definition) is 1. The first-order chi connectivity index (χ1) is 12.6. The number of thioether (sulfide) groups is 1. The smallest absolute Gasteiger partial charge is 0.270 e. The first-order valence-corrected chi connectivity index (χ1v) is 12.2. The Kier molecular flexibility index (Phi) is 5.13. The van der Waals surface area contributed by atoms with Crippen molar-refractivity contribution in [1.29, 1.82) is 0 Å². The third kappa shape index (κ3) is 3.33. The molecule has 140 valence electrons. The van der Waals surface area contributed by atoms with Crippen molar-refractivity contribution in [2.75, 3.05) is 31.1 Å². The van der Waals surface area contributed by atoms with Gasteiger partial charge in [0.05, 0.1) is 6.04 Å². The molecule has 2 aromatic heterocycles. The number of sulfonamides is 1. The second-order valence-electron chi connectivity index (χ2n) is 6.44. The van der Waals surface area contributed by atoms with Crippen molar-refractivity contribution in [2.45, 2.75) is 23.8 Å². The molecular formula is C17H21N3O3S3. The lowest BCUT2D eigenvalue weighted by Gasteiger charge is -2.25. The molecule has 26 heavy (non-hydrogen) atoms. The lowest BCUT2D eigenvalue weighted by atomic mass is 10.2. The first-order valence-electron chi connectivity index (χ1n) is 8.68. The van der Waals surface area contributed by atoms with Crippen LogP contribution in [0.4, 0.5) is 0 Å². The fourth-order valence-corrected chi connectivity index (χ4v) is 6.97.